The normalized spacial score (nSPS) is 30.7. The summed E-state index contributed by atoms with van der Waals surface area (Å²) in [4.78, 5) is 55.4. The fourth-order valence-corrected chi connectivity index (χ4v) is 8.73. The first-order chi connectivity index (χ1) is 23.2. The molecule has 0 aromatic heterocycles. The number of nitrogens with zero attached hydrogens (tertiary/aromatic N) is 2. The van der Waals surface area contributed by atoms with Crippen molar-refractivity contribution in [2.45, 2.75) is 12.8 Å². The number of hydrogen-bond donors (Lipinski definition) is 0. The van der Waals surface area contributed by atoms with E-state index < -0.39 is 82.1 Å². The molecule has 242 valence electrons. The first-order valence-corrected chi connectivity index (χ1v) is 15.7. The lowest BCUT2D eigenvalue weighted by Crippen LogP contribution is -2.33. The molecule has 2 heterocycles. The van der Waals surface area contributed by atoms with Crippen LogP contribution in [0.15, 0.2) is 72.8 Å². The van der Waals surface area contributed by atoms with Crippen molar-refractivity contribution >= 4 is 35.0 Å². The minimum Gasteiger partial charge on any atom is -0.449 e. The molecule has 8 nitrogen and oxygen atoms in total. The second kappa shape index (κ2) is 10.1. The smallest absolute Gasteiger partial charge is 0.238 e. The number of para-hydroxylation sites is 4. The summed E-state index contributed by atoms with van der Waals surface area (Å²) in [5.41, 5.74) is -0.243. The molecule has 6 aliphatic rings. The Labute approximate surface area is 270 Å². The van der Waals surface area contributed by atoms with Crippen molar-refractivity contribution in [3.8, 4) is 23.0 Å². The van der Waals surface area contributed by atoms with E-state index in [1.54, 1.807) is 0 Å². The summed E-state index contributed by atoms with van der Waals surface area (Å²) in [5.74, 6) is -16.1. The highest BCUT2D eigenvalue weighted by atomic mass is 19.2. The number of rotatable bonds is 6. The Morgan fingerprint density at radius 2 is 0.771 bits per heavy atom. The fraction of sp³-hybridized carbons (Fsp3) is 0.278. The quantitative estimate of drug-likeness (QED) is 0.131. The van der Waals surface area contributed by atoms with Gasteiger partial charge >= 0.3 is 0 Å². The zero-order chi connectivity index (χ0) is 33.2. The molecule has 4 amide bonds. The molecule has 0 N–H and O–H groups in total. The molecule has 12 heteroatoms. The van der Waals surface area contributed by atoms with Crippen LogP contribution in [-0.4, -0.2) is 23.6 Å². The second-order valence-corrected chi connectivity index (χ2v) is 13.1. The highest BCUT2D eigenvalue weighted by molar-refractivity contribution is 6.24. The van der Waals surface area contributed by atoms with Crippen LogP contribution in [0.5, 0.6) is 23.0 Å². The zero-order valence-corrected chi connectivity index (χ0v) is 24.8. The minimum absolute atomic E-state index is 0.0984. The number of carbonyl (C=O) groups excluding carboxylic acids is 4. The summed E-state index contributed by atoms with van der Waals surface area (Å²) in [6.45, 7) is 0. The lowest BCUT2D eigenvalue weighted by molar-refractivity contribution is -0.124. The predicted octanol–water partition coefficient (Wildman–Crippen LogP) is 6.45. The molecule has 9 rings (SSSR count). The summed E-state index contributed by atoms with van der Waals surface area (Å²) in [5, 5.41) is 0. The average Bonchev–Trinajstić information content (AvgIpc) is 3.94. The second-order valence-electron chi connectivity index (χ2n) is 13.1. The average molecular weight is 657 g/mol. The Morgan fingerprint density at radius 1 is 0.479 bits per heavy atom. The van der Waals surface area contributed by atoms with Crippen molar-refractivity contribution in [1.29, 1.82) is 0 Å². The number of anilines is 2. The van der Waals surface area contributed by atoms with Gasteiger partial charge in [-0.1, -0.05) is 48.6 Å². The number of allylic oxidation sites excluding steroid dienone is 4. The predicted molar refractivity (Wildman–Crippen MR) is 160 cm³/mol. The molecule has 3 aromatic rings. The van der Waals surface area contributed by atoms with Crippen molar-refractivity contribution in [3.05, 3.63) is 96.1 Å². The molecule has 2 saturated heterocycles. The molecule has 0 spiro atoms. The van der Waals surface area contributed by atoms with Crippen LogP contribution in [0.3, 0.4) is 0 Å². The topological polar surface area (TPSA) is 93.2 Å². The number of hydrogen-bond acceptors (Lipinski definition) is 6. The molecule has 0 unspecified atom stereocenters. The maximum atomic E-state index is 15.6. The summed E-state index contributed by atoms with van der Waals surface area (Å²) in [7, 11) is 0. The van der Waals surface area contributed by atoms with E-state index in [9.17, 15) is 19.2 Å². The molecular weight excluding hydrogens is 632 g/mol. The highest BCUT2D eigenvalue weighted by Gasteiger charge is 2.61. The Kier molecular flexibility index (Phi) is 6.10. The van der Waals surface area contributed by atoms with Crippen molar-refractivity contribution in [2.75, 3.05) is 9.80 Å². The van der Waals surface area contributed by atoms with Gasteiger partial charge in [0, 0.05) is 0 Å². The fourth-order valence-electron chi connectivity index (χ4n) is 8.73. The van der Waals surface area contributed by atoms with E-state index in [1.165, 1.54) is 48.5 Å². The number of amides is 4. The monoisotopic (exact) mass is 656 g/mol. The molecule has 2 aliphatic heterocycles. The zero-order valence-electron chi connectivity index (χ0n) is 24.8. The standard InChI is InChI=1S/C36H24F4N2O6/c37-27-29(39)32(48-22-8-4-2-6-20(22)42-35(45)25-17-11-12-18(14-17)26(25)36(42)46)30(40)28(38)31(27)47-21-7-3-1-5-19(21)41-33(43)23-15-9-10-16(13-15)24(23)34(41)44/h1-12,15-18,23-26H,13-14H2/t15-,16-,17-,18-,23-,24-,25-,26+/m0/s1. The molecule has 4 aliphatic carbocycles. The number of ether oxygens (including phenoxy) is 2. The number of carbonyl (C=O) groups is 4. The maximum Gasteiger partial charge on any atom is 0.238 e. The summed E-state index contributed by atoms with van der Waals surface area (Å²) < 4.78 is 73.0. The van der Waals surface area contributed by atoms with Crippen LogP contribution in [0.4, 0.5) is 28.9 Å². The summed E-state index contributed by atoms with van der Waals surface area (Å²) in [6, 6.07) is 10.9. The molecule has 3 aromatic carbocycles. The van der Waals surface area contributed by atoms with Gasteiger partial charge in [-0.25, -0.2) is 9.80 Å². The van der Waals surface area contributed by atoms with Crippen LogP contribution in [0.2, 0.25) is 0 Å². The lowest BCUT2D eigenvalue weighted by atomic mass is 9.85. The largest absolute Gasteiger partial charge is 0.449 e. The van der Waals surface area contributed by atoms with E-state index in [4.69, 9.17) is 9.47 Å². The van der Waals surface area contributed by atoms with Crippen LogP contribution in [0.1, 0.15) is 12.8 Å². The van der Waals surface area contributed by atoms with Crippen molar-refractivity contribution in [1.82, 2.24) is 0 Å². The number of imide groups is 2. The lowest BCUT2D eigenvalue weighted by Gasteiger charge is -2.22. The van der Waals surface area contributed by atoms with Crippen LogP contribution in [0, 0.1) is 70.6 Å². The Hall–Kier alpha value is -5.26. The van der Waals surface area contributed by atoms with E-state index in [1.807, 2.05) is 24.3 Å². The summed E-state index contributed by atoms with van der Waals surface area (Å²) in [6.07, 6.45) is 9.03. The van der Waals surface area contributed by atoms with E-state index in [0.717, 1.165) is 9.80 Å². The third-order valence-electron chi connectivity index (χ3n) is 10.8. The first kappa shape index (κ1) is 28.9. The first-order valence-electron chi connectivity index (χ1n) is 15.7. The Balaban J connectivity index is 1.03. The Morgan fingerprint density at radius 3 is 1.08 bits per heavy atom. The van der Waals surface area contributed by atoms with E-state index in [0.29, 0.717) is 12.8 Å². The van der Waals surface area contributed by atoms with Gasteiger partial charge in [0.1, 0.15) is 0 Å². The van der Waals surface area contributed by atoms with Crippen LogP contribution in [0.25, 0.3) is 0 Å². The van der Waals surface area contributed by atoms with Gasteiger partial charge in [0.2, 0.25) is 58.4 Å². The molecule has 2 saturated carbocycles. The van der Waals surface area contributed by atoms with Gasteiger partial charge in [-0.2, -0.15) is 17.6 Å². The molecule has 8 atom stereocenters. The van der Waals surface area contributed by atoms with Gasteiger partial charge < -0.3 is 9.47 Å². The van der Waals surface area contributed by atoms with Gasteiger partial charge in [-0.05, 0) is 60.8 Å². The van der Waals surface area contributed by atoms with Crippen LogP contribution in [-0.2, 0) is 19.2 Å². The molecular formula is C36H24F4N2O6. The van der Waals surface area contributed by atoms with Crippen LogP contribution < -0.4 is 19.3 Å². The van der Waals surface area contributed by atoms with Gasteiger partial charge in [0.25, 0.3) is 0 Å². The van der Waals surface area contributed by atoms with Gasteiger partial charge in [-0.3, -0.25) is 19.2 Å². The van der Waals surface area contributed by atoms with E-state index >= 15 is 17.6 Å². The summed E-state index contributed by atoms with van der Waals surface area (Å²) >= 11 is 0. The highest BCUT2D eigenvalue weighted by Crippen LogP contribution is 2.56. The minimum atomic E-state index is -1.94. The third kappa shape index (κ3) is 3.76. The van der Waals surface area contributed by atoms with Crippen molar-refractivity contribution in [3.63, 3.8) is 0 Å². The number of halogens is 4. The van der Waals surface area contributed by atoms with E-state index in [-0.39, 0.29) is 46.5 Å². The van der Waals surface area contributed by atoms with Gasteiger partial charge in [0.15, 0.2) is 11.5 Å². The molecule has 48 heavy (non-hydrogen) atoms. The van der Waals surface area contributed by atoms with Crippen molar-refractivity contribution < 1.29 is 46.2 Å². The van der Waals surface area contributed by atoms with Crippen LogP contribution >= 0.6 is 0 Å². The molecule has 4 fully saturated rings. The van der Waals surface area contributed by atoms with Crippen molar-refractivity contribution in [2.24, 2.45) is 47.3 Å². The van der Waals surface area contributed by atoms with Gasteiger partial charge in [-0.15, -0.1) is 0 Å². The molecule has 0 radical (unpaired) electrons. The third-order valence-corrected chi connectivity index (χ3v) is 10.8. The molecule has 4 bridgehead atoms. The SMILES string of the molecule is O=C1[C@@H]2[C@@H](C(=O)N1c1ccccc1Oc1c(F)c(F)c(Oc3ccccc3N3C(=O)[C@@H]4[C@H](C3=O)[C@H]3C=C[C@H]4C3)c(F)c1F)[C@H]1C=C[C@H]2C1. The number of fused-ring (bicyclic) bond motifs is 10. The van der Waals surface area contributed by atoms with Gasteiger partial charge in [0.05, 0.1) is 35.0 Å². The number of benzene rings is 3. The Bertz CT molecular complexity index is 1830. The van der Waals surface area contributed by atoms with E-state index in [2.05, 4.69) is 0 Å². The maximum absolute atomic E-state index is 15.6.